The van der Waals surface area contributed by atoms with Gasteiger partial charge in [0, 0.05) is 18.5 Å². The molecule has 0 aliphatic carbocycles. The van der Waals surface area contributed by atoms with E-state index in [9.17, 15) is 15.2 Å². The topological polar surface area (TPSA) is 89.0 Å². The molecule has 180 valence electrons. The number of ether oxygens (including phenoxy) is 1. The summed E-state index contributed by atoms with van der Waals surface area (Å²) in [5, 5.41) is 21.1. The lowest BCUT2D eigenvalue weighted by Gasteiger charge is -2.26. The average Bonchev–Trinajstić information content (AvgIpc) is 3.39. The number of nitro groups is 1. The van der Waals surface area contributed by atoms with Gasteiger partial charge in [0.2, 0.25) is 0 Å². The summed E-state index contributed by atoms with van der Waals surface area (Å²) in [6, 6.07) is 14.5. The van der Waals surface area contributed by atoms with E-state index in [4.69, 9.17) is 9.15 Å². The van der Waals surface area contributed by atoms with Gasteiger partial charge in [-0.15, -0.1) is 0 Å². The third-order valence-electron chi connectivity index (χ3n) is 6.52. The van der Waals surface area contributed by atoms with E-state index < -0.39 is 4.92 Å². The number of nitrogens with zero attached hydrogens (tertiary/aromatic N) is 2. The van der Waals surface area contributed by atoms with E-state index in [0.29, 0.717) is 18.8 Å². The summed E-state index contributed by atoms with van der Waals surface area (Å²) in [5.74, 6) is 0.817. The number of phenols is 1. The van der Waals surface area contributed by atoms with Crippen molar-refractivity contribution in [2.75, 3.05) is 26.2 Å². The van der Waals surface area contributed by atoms with Gasteiger partial charge >= 0.3 is 5.69 Å². The van der Waals surface area contributed by atoms with E-state index >= 15 is 0 Å². The smallest absolute Gasteiger partial charge is 0.311 e. The van der Waals surface area contributed by atoms with Crippen LogP contribution < -0.4 is 0 Å². The van der Waals surface area contributed by atoms with Crippen LogP contribution >= 0.6 is 0 Å². The van der Waals surface area contributed by atoms with E-state index in [2.05, 4.69) is 17.9 Å². The summed E-state index contributed by atoms with van der Waals surface area (Å²) in [6.45, 7) is 6.50. The number of nitro benzene ring substituents is 1. The lowest BCUT2D eigenvalue weighted by Crippen LogP contribution is -2.32. The minimum atomic E-state index is -0.567. The van der Waals surface area contributed by atoms with Gasteiger partial charge < -0.3 is 19.2 Å². The molecule has 7 heteroatoms. The number of hydrogen-bond donors (Lipinski definition) is 1. The van der Waals surface area contributed by atoms with Crippen LogP contribution in [0.2, 0.25) is 0 Å². The predicted octanol–water partition coefficient (Wildman–Crippen LogP) is 5.91. The quantitative estimate of drug-likeness (QED) is 0.228. The van der Waals surface area contributed by atoms with Crippen molar-refractivity contribution >= 4 is 5.69 Å². The first kappa shape index (κ1) is 24.0. The van der Waals surface area contributed by atoms with Crippen LogP contribution in [-0.4, -0.2) is 41.2 Å². The first-order valence-electron chi connectivity index (χ1n) is 11.9. The number of phenolic OH excluding ortho intramolecular Hbond substituents is 1. The van der Waals surface area contributed by atoms with Crippen molar-refractivity contribution in [2.24, 2.45) is 0 Å². The Bertz CT molecular complexity index is 1090. The molecule has 1 aromatic heterocycles. The van der Waals surface area contributed by atoms with E-state index in [-0.39, 0.29) is 17.4 Å². The molecule has 1 aliphatic rings. The highest BCUT2D eigenvalue weighted by molar-refractivity contribution is 5.69. The minimum absolute atomic E-state index is 0.211. The number of benzene rings is 2. The summed E-state index contributed by atoms with van der Waals surface area (Å²) < 4.78 is 11.7. The molecule has 2 aromatic carbocycles. The van der Waals surface area contributed by atoms with Crippen LogP contribution in [-0.2, 0) is 17.8 Å². The molecular formula is C27H32N2O5. The zero-order valence-electron chi connectivity index (χ0n) is 19.6. The van der Waals surface area contributed by atoms with Crippen LogP contribution in [0.4, 0.5) is 5.69 Å². The molecule has 0 bridgehead atoms. The maximum Gasteiger partial charge on any atom is 0.311 e. The predicted molar refractivity (Wildman–Crippen MR) is 131 cm³/mol. The van der Waals surface area contributed by atoms with Crippen molar-refractivity contribution in [1.82, 2.24) is 4.90 Å². The first-order chi connectivity index (χ1) is 16.5. The van der Waals surface area contributed by atoms with Gasteiger partial charge in [0.25, 0.3) is 0 Å². The molecule has 1 aliphatic heterocycles. The third kappa shape index (κ3) is 6.04. The largest absolute Gasteiger partial charge is 0.502 e. The van der Waals surface area contributed by atoms with Crippen LogP contribution in [0.5, 0.6) is 5.75 Å². The molecule has 4 rings (SSSR count). The Morgan fingerprint density at radius 3 is 2.59 bits per heavy atom. The SMILES string of the molecule is CC(Cc1ccc(-c2ccc(O)c([N+](=O)[O-])c2)cc1COCCN1CCCCC1)c1ccco1. The molecular weight excluding hydrogens is 432 g/mol. The number of likely N-dealkylation sites (tertiary alicyclic amines) is 1. The summed E-state index contributed by atoms with van der Waals surface area (Å²) in [4.78, 5) is 13.2. The Morgan fingerprint density at radius 1 is 1.09 bits per heavy atom. The summed E-state index contributed by atoms with van der Waals surface area (Å²) in [6.07, 6.45) is 6.33. The lowest BCUT2D eigenvalue weighted by atomic mass is 9.92. The Morgan fingerprint density at radius 2 is 1.85 bits per heavy atom. The molecule has 2 heterocycles. The van der Waals surface area contributed by atoms with E-state index in [1.165, 1.54) is 37.0 Å². The Labute approximate surface area is 200 Å². The standard InChI is InChI=1S/C27H32N2O5/c1-20(27-6-5-14-34-27)16-21-7-8-22(23-9-10-26(30)25(18-23)29(31)32)17-24(21)19-33-15-13-28-11-3-2-4-12-28/h5-10,14,17-18,20,30H,2-4,11-13,15-16,19H2,1H3. The third-order valence-corrected chi connectivity index (χ3v) is 6.52. The van der Waals surface area contributed by atoms with E-state index in [1.54, 1.807) is 12.3 Å². The normalized spacial score (nSPS) is 15.3. The molecule has 1 saturated heterocycles. The zero-order chi connectivity index (χ0) is 23.9. The fourth-order valence-corrected chi connectivity index (χ4v) is 4.55. The lowest BCUT2D eigenvalue weighted by molar-refractivity contribution is -0.385. The molecule has 7 nitrogen and oxygen atoms in total. The molecule has 1 unspecified atom stereocenters. The Kier molecular flexibility index (Phi) is 7.98. The summed E-state index contributed by atoms with van der Waals surface area (Å²) >= 11 is 0. The molecule has 0 spiro atoms. The van der Waals surface area contributed by atoms with Gasteiger partial charge in [0.15, 0.2) is 5.75 Å². The Balaban J connectivity index is 1.53. The molecule has 0 saturated carbocycles. The fourth-order valence-electron chi connectivity index (χ4n) is 4.55. The van der Waals surface area contributed by atoms with E-state index in [1.807, 2.05) is 24.3 Å². The number of rotatable bonds is 10. The number of furan rings is 1. The molecule has 0 radical (unpaired) electrons. The van der Waals surface area contributed by atoms with Gasteiger partial charge in [0.1, 0.15) is 5.76 Å². The van der Waals surface area contributed by atoms with Crippen LogP contribution in [0.1, 0.15) is 49.0 Å². The van der Waals surface area contributed by atoms with Crippen molar-refractivity contribution in [3.63, 3.8) is 0 Å². The second-order valence-corrected chi connectivity index (χ2v) is 9.02. The number of hydrogen-bond acceptors (Lipinski definition) is 6. The van der Waals surface area contributed by atoms with Crippen LogP contribution in [0, 0.1) is 10.1 Å². The molecule has 1 atom stereocenters. The van der Waals surface area contributed by atoms with Crippen molar-refractivity contribution in [3.05, 3.63) is 81.8 Å². The van der Waals surface area contributed by atoms with Crippen LogP contribution in [0.3, 0.4) is 0 Å². The van der Waals surface area contributed by atoms with E-state index in [0.717, 1.165) is 42.9 Å². The van der Waals surface area contributed by atoms with Crippen LogP contribution in [0.15, 0.2) is 59.2 Å². The van der Waals surface area contributed by atoms with Gasteiger partial charge in [0.05, 0.1) is 24.4 Å². The fraction of sp³-hybridized carbons (Fsp3) is 0.407. The molecule has 0 amide bonds. The van der Waals surface area contributed by atoms with Gasteiger partial charge in [-0.1, -0.05) is 31.5 Å². The highest BCUT2D eigenvalue weighted by atomic mass is 16.6. The van der Waals surface area contributed by atoms with Crippen molar-refractivity contribution in [1.29, 1.82) is 0 Å². The monoisotopic (exact) mass is 464 g/mol. The van der Waals surface area contributed by atoms with Gasteiger partial charge in [-0.3, -0.25) is 10.1 Å². The maximum atomic E-state index is 11.3. The van der Waals surface area contributed by atoms with Gasteiger partial charge in [-0.05, 0) is 78.9 Å². The zero-order valence-corrected chi connectivity index (χ0v) is 19.6. The summed E-state index contributed by atoms with van der Waals surface area (Å²) in [7, 11) is 0. The summed E-state index contributed by atoms with van der Waals surface area (Å²) in [5.41, 5.74) is 3.47. The van der Waals surface area contributed by atoms with Crippen molar-refractivity contribution in [3.8, 4) is 16.9 Å². The second-order valence-electron chi connectivity index (χ2n) is 9.02. The van der Waals surface area contributed by atoms with Crippen LogP contribution in [0.25, 0.3) is 11.1 Å². The first-order valence-corrected chi connectivity index (χ1v) is 11.9. The highest BCUT2D eigenvalue weighted by Gasteiger charge is 2.17. The molecule has 1 fully saturated rings. The van der Waals surface area contributed by atoms with Gasteiger partial charge in [-0.2, -0.15) is 0 Å². The molecule has 34 heavy (non-hydrogen) atoms. The highest BCUT2D eigenvalue weighted by Crippen LogP contribution is 2.33. The number of piperidine rings is 1. The average molecular weight is 465 g/mol. The van der Waals surface area contributed by atoms with Crippen molar-refractivity contribution < 1.29 is 19.2 Å². The minimum Gasteiger partial charge on any atom is -0.502 e. The second kappa shape index (κ2) is 11.3. The molecule has 3 aromatic rings. The van der Waals surface area contributed by atoms with Gasteiger partial charge in [-0.25, -0.2) is 0 Å². The maximum absolute atomic E-state index is 11.3. The molecule has 1 N–H and O–H groups in total. The van der Waals surface area contributed by atoms with Crippen molar-refractivity contribution in [2.45, 2.75) is 45.1 Å². The number of aromatic hydroxyl groups is 1. The Hall–Kier alpha value is -3.16.